The topological polar surface area (TPSA) is 102 Å². The minimum atomic E-state index is -1.15. The Morgan fingerprint density at radius 3 is 2.19 bits per heavy atom. The van der Waals surface area contributed by atoms with Crippen LogP contribution in [-0.4, -0.2) is 40.9 Å². The second-order valence-electron chi connectivity index (χ2n) is 8.47. The number of esters is 1. The first-order chi connectivity index (χ1) is 14.4. The minimum absolute atomic E-state index is 0.0984. The summed E-state index contributed by atoms with van der Waals surface area (Å²) >= 11 is 0. The van der Waals surface area contributed by atoms with Gasteiger partial charge in [0.25, 0.3) is 0 Å². The predicted molar refractivity (Wildman–Crippen MR) is 117 cm³/mol. The molecule has 2 aromatic carbocycles. The maximum Gasteiger partial charge on any atom is 0.408 e. The van der Waals surface area contributed by atoms with Crippen LogP contribution in [0, 0.1) is 0 Å². The van der Waals surface area contributed by atoms with Crippen LogP contribution in [0.15, 0.2) is 48.5 Å². The molecule has 0 radical (unpaired) electrons. The molecule has 0 saturated carbocycles. The first-order valence-corrected chi connectivity index (χ1v) is 10.1. The van der Waals surface area contributed by atoms with Crippen molar-refractivity contribution in [3.63, 3.8) is 0 Å². The molecule has 2 N–H and O–H groups in total. The van der Waals surface area contributed by atoms with Crippen molar-refractivity contribution in [2.45, 2.75) is 58.8 Å². The van der Waals surface area contributed by atoms with Crippen LogP contribution in [-0.2, 0) is 20.7 Å². The average Bonchev–Trinajstić information content (AvgIpc) is 2.66. The largest absolute Gasteiger partial charge is 0.480 e. The molecule has 0 heterocycles. The summed E-state index contributed by atoms with van der Waals surface area (Å²) in [5.74, 6) is -1.53. The predicted octanol–water partition coefficient (Wildman–Crippen LogP) is 4.44. The summed E-state index contributed by atoms with van der Waals surface area (Å²) < 4.78 is 10.3. The molecule has 0 spiro atoms. The quantitative estimate of drug-likeness (QED) is 0.634. The van der Waals surface area contributed by atoms with Crippen LogP contribution < -0.4 is 5.32 Å². The van der Waals surface area contributed by atoms with Gasteiger partial charge in [-0.2, -0.15) is 0 Å². The summed E-state index contributed by atoms with van der Waals surface area (Å²) in [4.78, 5) is 35.6. The molecule has 0 aromatic heterocycles. The Labute approximate surface area is 182 Å². The first kappa shape index (κ1) is 23.9. The summed E-state index contributed by atoms with van der Waals surface area (Å²) in [5.41, 5.74) is 2.21. The van der Waals surface area contributed by atoms with Crippen molar-refractivity contribution >= 4 is 18.0 Å². The number of hydrogen-bond donors (Lipinski definition) is 2. The number of carboxylic acid groups (broad SMARTS) is 1. The van der Waals surface area contributed by atoms with Crippen molar-refractivity contribution in [1.29, 1.82) is 0 Å². The number of carboxylic acids is 1. The number of hydrogen-bond acceptors (Lipinski definition) is 5. The van der Waals surface area contributed by atoms with Crippen LogP contribution in [0.25, 0.3) is 11.1 Å². The van der Waals surface area contributed by atoms with Crippen molar-refractivity contribution in [3.8, 4) is 11.1 Å². The maximum absolute atomic E-state index is 12.0. The number of alkyl carbamates (subject to hydrolysis) is 1. The molecule has 7 nitrogen and oxygen atoms in total. The molecule has 0 aliphatic rings. The van der Waals surface area contributed by atoms with Gasteiger partial charge < -0.3 is 19.9 Å². The lowest BCUT2D eigenvalue weighted by Gasteiger charge is -2.22. The van der Waals surface area contributed by atoms with Gasteiger partial charge in [0.1, 0.15) is 11.6 Å². The van der Waals surface area contributed by atoms with Crippen molar-refractivity contribution < 1.29 is 29.0 Å². The van der Waals surface area contributed by atoms with Crippen LogP contribution >= 0.6 is 0 Å². The van der Waals surface area contributed by atoms with Crippen molar-refractivity contribution in [2.24, 2.45) is 0 Å². The third-order valence-electron chi connectivity index (χ3n) is 4.15. The average molecular weight is 427 g/mol. The van der Waals surface area contributed by atoms with Crippen LogP contribution in [0.3, 0.4) is 0 Å². The lowest BCUT2D eigenvalue weighted by molar-refractivity contribution is -0.139. The monoisotopic (exact) mass is 427 g/mol. The Bertz CT molecular complexity index is 928. The summed E-state index contributed by atoms with van der Waals surface area (Å²) in [6.45, 7) is 8.71. The van der Waals surface area contributed by atoms with Gasteiger partial charge in [-0.3, -0.25) is 0 Å². The van der Waals surface area contributed by atoms with E-state index >= 15 is 0 Å². The highest BCUT2D eigenvalue weighted by Gasteiger charge is 2.24. The standard InChI is InChI=1S/C24H29NO6/c1-15(2)30-22(28)18-11-9-17(10-12-18)19-8-6-7-16(13-19)14-20(21(26)27)25-23(29)31-24(3,4)5/h6-13,15,20H,14H2,1-5H3,(H,25,29)(H,26,27). The van der Waals surface area contributed by atoms with E-state index in [2.05, 4.69) is 5.32 Å². The molecular weight excluding hydrogens is 398 g/mol. The maximum atomic E-state index is 12.0. The van der Waals surface area contributed by atoms with Crippen LogP contribution in [0.2, 0.25) is 0 Å². The molecule has 0 saturated heterocycles. The van der Waals surface area contributed by atoms with Gasteiger partial charge >= 0.3 is 18.0 Å². The highest BCUT2D eigenvalue weighted by molar-refractivity contribution is 5.90. The molecule has 0 fully saturated rings. The molecule has 31 heavy (non-hydrogen) atoms. The number of carbonyl (C=O) groups is 3. The second-order valence-corrected chi connectivity index (χ2v) is 8.47. The third-order valence-corrected chi connectivity index (χ3v) is 4.15. The number of ether oxygens (including phenoxy) is 2. The van der Waals surface area contributed by atoms with Crippen LogP contribution in [0.4, 0.5) is 4.79 Å². The molecule has 0 aliphatic heterocycles. The third kappa shape index (κ3) is 7.77. The lowest BCUT2D eigenvalue weighted by Crippen LogP contribution is -2.44. The van der Waals surface area contributed by atoms with Crippen molar-refractivity contribution in [1.82, 2.24) is 5.32 Å². The summed E-state index contributed by atoms with van der Waals surface area (Å²) in [6.07, 6.45) is -0.874. The van der Waals surface area contributed by atoms with Gasteiger partial charge in [-0.1, -0.05) is 36.4 Å². The Hall–Kier alpha value is -3.35. The molecule has 166 valence electrons. The second kappa shape index (κ2) is 10.1. The molecule has 2 rings (SSSR count). The van der Waals surface area contributed by atoms with E-state index in [4.69, 9.17) is 9.47 Å². The van der Waals surface area contributed by atoms with E-state index in [1.807, 2.05) is 30.3 Å². The van der Waals surface area contributed by atoms with Crippen molar-refractivity contribution in [3.05, 3.63) is 59.7 Å². The van der Waals surface area contributed by atoms with Gasteiger partial charge in [0.15, 0.2) is 0 Å². The van der Waals surface area contributed by atoms with Crippen molar-refractivity contribution in [2.75, 3.05) is 0 Å². The van der Waals surface area contributed by atoms with Gasteiger partial charge in [0.2, 0.25) is 0 Å². The fraction of sp³-hybridized carbons (Fsp3) is 0.375. The summed E-state index contributed by atoms with van der Waals surface area (Å²) in [5, 5.41) is 11.9. The first-order valence-electron chi connectivity index (χ1n) is 10.1. The minimum Gasteiger partial charge on any atom is -0.480 e. The Morgan fingerprint density at radius 1 is 1.00 bits per heavy atom. The van der Waals surface area contributed by atoms with E-state index in [0.29, 0.717) is 5.56 Å². The van der Waals surface area contributed by atoms with Crippen LogP contribution in [0.1, 0.15) is 50.5 Å². The highest BCUT2D eigenvalue weighted by Crippen LogP contribution is 2.22. The number of benzene rings is 2. The fourth-order valence-corrected chi connectivity index (χ4v) is 2.84. The molecule has 1 atom stereocenters. The molecule has 0 aliphatic carbocycles. The van der Waals surface area contributed by atoms with E-state index in [0.717, 1.165) is 16.7 Å². The zero-order valence-corrected chi connectivity index (χ0v) is 18.5. The van der Waals surface area contributed by atoms with Gasteiger partial charge in [0.05, 0.1) is 11.7 Å². The molecule has 1 unspecified atom stereocenters. The smallest absolute Gasteiger partial charge is 0.408 e. The van der Waals surface area contributed by atoms with Gasteiger partial charge in [0, 0.05) is 6.42 Å². The number of nitrogens with one attached hydrogen (secondary N) is 1. The zero-order valence-electron chi connectivity index (χ0n) is 18.5. The number of rotatable bonds is 7. The Balaban J connectivity index is 2.14. The van der Waals surface area contributed by atoms with Gasteiger partial charge in [-0.15, -0.1) is 0 Å². The number of amides is 1. The molecule has 2 aromatic rings. The van der Waals surface area contributed by atoms with E-state index in [1.54, 1.807) is 52.8 Å². The lowest BCUT2D eigenvalue weighted by atomic mass is 9.98. The summed E-state index contributed by atoms with van der Waals surface area (Å²) in [6, 6.07) is 13.2. The van der Waals surface area contributed by atoms with E-state index in [1.165, 1.54) is 0 Å². The molecule has 1 amide bonds. The number of carbonyl (C=O) groups excluding carboxylic acids is 2. The highest BCUT2D eigenvalue weighted by atomic mass is 16.6. The summed E-state index contributed by atoms with van der Waals surface area (Å²) in [7, 11) is 0. The van der Waals surface area contributed by atoms with Gasteiger partial charge in [-0.05, 0) is 63.4 Å². The number of aliphatic carboxylic acids is 1. The van der Waals surface area contributed by atoms with Crippen LogP contribution in [0.5, 0.6) is 0 Å². The molecule has 0 bridgehead atoms. The Kier molecular flexibility index (Phi) is 7.80. The zero-order chi connectivity index (χ0) is 23.2. The normalized spacial score (nSPS) is 12.2. The van der Waals surface area contributed by atoms with E-state index < -0.39 is 23.7 Å². The van der Waals surface area contributed by atoms with E-state index in [-0.39, 0.29) is 18.5 Å². The molecular formula is C24H29NO6. The SMILES string of the molecule is CC(C)OC(=O)c1ccc(-c2cccc(CC(NC(=O)OC(C)(C)C)C(=O)O)c2)cc1. The van der Waals surface area contributed by atoms with Gasteiger partial charge in [-0.25, -0.2) is 14.4 Å². The molecule has 7 heteroatoms. The van der Waals surface area contributed by atoms with E-state index in [9.17, 15) is 19.5 Å². The Morgan fingerprint density at radius 2 is 1.65 bits per heavy atom. The fourth-order valence-electron chi connectivity index (χ4n) is 2.84.